The Morgan fingerprint density at radius 1 is 1.67 bits per heavy atom. The summed E-state index contributed by atoms with van der Waals surface area (Å²) in [5.41, 5.74) is 0. The van der Waals surface area contributed by atoms with Gasteiger partial charge in [-0.2, -0.15) is 0 Å². The molecule has 1 atom stereocenters. The SMILES string of the molecule is CCOCC1CC1(F)F. The van der Waals surface area contributed by atoms with E-state index in [2.05, 4.69) is 0 Å². The van der Waals surface area contributed by atoms with E-state index >= 15 is 0 Å². The summed E-state index contributed by atoms with van der Waals surface area (Å²) < 4.78 is 28.9. The number of halogens is 2. The number of rotatable bonds is 3. The molecule has 0 N–H and O–H groups in total. The van der Waals surface area contributed by atoms with Crippen molar-refractivity contribution in [3.05, 3.63) is 0 Å². The van der Waals surface area contributed by atoms with Gasteiger partial charge in [-0.3, -0.25) is 0 Å². The van der Waals surface area contributed by atoms with Crippen LogP contribution < -0.4 is 0 Å². The Balaban J connectivity index is 2.06. The maximum atomic E-state index is 12.0. The number of ether oxygens (including phenoxy) is 1. The van der Waals surface area contributed by atoms with Gasteiger partial charge in [-0.05, 0) is 6.92 Å². The third-order valence-corrected chi connectivity index (χ3v) is 1.48. The van der Waals surface area contributed by atoms with Crippen LogP contribution >= 0.6 is 0 Å². The van der Waals surface area contributed by atoms with Crippen molar-refractivity contribution >= 4 is 0 Å². The van der Waals surface area contributed by atoms with Gasteiger partial charge in [0.05, 0.1) is 12.5 Å². The molecule has 1 aliphatic rings. The second-order valence-electron chi connectivity index (χ2n) is 2.32. The Hall–Kier alpha value is -0.180. The molecular formula is C6H10F2O. The molecule has 0 heterocycles. The Kier molecular flexibility index (Phi) is 1.70. The van der Waals surface area contributed by atoms with E-state index in [4.69, 9.17) is 4.74 Å². The molecule has 3 heteroatoms. The summed E-state index contributed by atoms with van der Waals surface area (Å²) in [5.74, 6) is -2.90. The average Bonchev–Trinajstić information content (AvgIpc) is 2.35. The Morgan fingerprint density at radius 2 is 2.22 bits per heavy atom. The minimum Gasteiger partial charge on any atom is -0.381 e. The zero-order chi connectivity index (χ0) is 6.91. The first kappa shape index (κ1) is 6.93. The van der Waals surface area contributed by atoms with Crippen LogP contribution in [0.1, 0.15) is 13.3 Å². The molecule has 0 bridgehead atoms. The normalized spacial score (nSPS) is 30.3. The van der Waals surface area contributed by atoms with Gasteiger partial charge < -0.3 is 4.74 Å². The van der Waals surface area contributed by atoms with Gasteiger partial charge in [-0.15, -0.1) is 0 Å². The van der Waals surface area contributed by atoms with Crippen LogP contribution in [0.4, 0.5) is 8.78 Å². The Morgan fingerprint density at radius 3 is 2.56 bits per heavy atom. The molecule has 0 aliphatic heterocycles. The second kappa shape index (κ2) is 2.21. The molecule has 1 nitrogen and oxygen atoms in total. The lowest BCUT2D eigenvalue weighted by atomic mass is 10.4. The fourth-order valence-corrected chi connectivity index (χ4v) is 0.711. The summed E-state index contributed by atoms with van der Waals surface area (Å²) in [4.78, 5) is 0. The molecule has 1 unspecified atom stereocenters. The van der Waals surface area contributed by atoms with Crippen molar-refractivity contribution in [1.82, 2.24) is 0 Å². The van der Waals surface area contributed by atoms with E-state index in [0.717, 1.165) is 0 Å². The van der Waals surface area contributed by atoms with E-state index in [1.165, 1.54) is 0 Å². The van der Waals surface area contributed by atoms with Crippen molar-refractivity contribution < 1.29 is 13.5 Å². The van der Waals surface area contributed by atoms with Crippen LogP contribution in [0.3, 0.4) is 0 Å². The van der Waals surface area contributed by atoms with E-state index < -0.39 is 11.8 Å². The highest BCUT2D eigenvalue weighted by molar-refractivity contribution is 4.94. The molecule has 1 rings (SSSR count). The molecule has 1 saturated carbocycles. The number of alkyl halides is 2. The smallest absolute Gasteiger partial charge is 0.253 e. The van der Waals surface area contributed by atoms with Gasteiger partial charge in [0.15, 0.2) is 0 Å². The summed E-state index contributed by atoms with van der Waals surface area (Å²) in [6, 6.07) is 0. The predicted molar refractivity (Wildman–Crippen MR) is 29.5 cm³/mol. The van der Waals surface area contributed by atoms with Crippen molar-refractivity contribution in [2.75, 3.05) is 13.2 Å². The van der Waals surface area contributed by atoms with E-state index in [0.29, 0.717) is 6.61 Å². The van der Waals surface area contributed by atoms with E-state index in [-0.39, 0.29) is 13.0 Å². The maximum Gasteiger partial charge on any atom is 0.253 e. The Labute approximate surface area is 53.0 Å². The van der Waals surface area contributed by atoms with Gasteiger partial charge in [0, 0.05) is 13.0 Å². The van der Waals surface area contributed by atoms with E-state index in [9.17, 15) is 8.78 Å². The standard InChI is InChI=1S/C6H10F2O/c1-2-9-4-5-3-6(5,7)8/h5H,2-4H2,1H3. The van der Waals surface area contributed by atoms with Crippen LogP contribution in [0.25, 0.3) is 0 Å². The molecule has 0 aromatic heterocycles. The largest absolute Gasteiger partial charge is 0.381 e. The highest BCUT2D eigenvalue weighted by Gasteiger charge is 2.56. The van der Waals surface area contributed by atoms with Crippen LogP contribution in [0.15, 0.2) is 0 Å². The molecule has 0 radical (unpaired) electrons. The molecule has 0 saturated heterocycles. The van der Waals surface area contributed by atoms with Crippen LogP contribution in [-0.2, 0) is 4.74 Å². The highest BCUT2D eigenvalue weighted by Crippen LogP contribution is 2.48. The molecule has 54 valence electrons. The lowest BCUT2D eigenvalue weighted by Gasteiger charge is -1.96. The first-order valence-electron chi connectivity index (χ1n) is 3.12. The predicted octanol–water partition coefficient (Wildman–Crippen LogP) is 1.68. The summed E-state index contributed by atoms with van der Waals surface area (Å²) in [6.45, 7) is 2.57. The van der Waals surface area contributed by atoms with Crippen molar-refractivity contribution in [3.8, 4) is 0 Å². The van der Waals surface area contributed by atoms with Crippen molar-refractivity contribution in [2.24, 2.45) is 5.92 Å². The van der Waals surface area contributed by atoms with E-state index in [1.54, 1.807) is 6.92 Å². The summed E-state index contributed by atoms with van der Waals surface area (Å²) in [7, 11) is 0. The van der Waals surface area contributed by atoms with Gasteiger partial charge in [-0.25, -0.2) is 8.78 Å². The molecule has 0 aromatic rings. The summed E-state index contributed by atoms with van der Waals surface area (Å²) >= 11 is 0. The number of hydrogen-bond acceptors (Lipinski definition) is 1. The van der Waals surface area contributed by atoms with Crippen LogP contribution in [0.2, 0.25) is 0 Å². The quantitative estimate of drug-likeness (QED) is 0.573. The van der Waals surface area contributed by atoms with Gasteiger partial charge in [0.2, 0.25) is 0 Å². The zero-order valence-corrected chi connectivity index (χ0v) is 5.36. The van der Waals surface area contributed by atoms with Crippen LogP contribution in [-0.4, -0.2) is 19.1 Å². The molecular weight excluding hydrogens is 126 g/mol. The lowest BCUT2D eigenvalue weighted by molar-refractivity contribution is 0.0588. The molecule has 1 aliphatic carbocycles. The molecule has 1 fully saturated rings. The first-order valence-corrected chi connectivity index (χ1v) is 3.12. The fourth-order valence-electron chi connectivity index (χ4n) is 0.711. The molecule has 0 spiro atoms. The fraction of sp³-hybridized carbons (Fsp3) is 1.00. The third-order valence-electron chi connectivity index (χ3n) is 1.48. The van der Waals surface area contributed by atoms with Crippen molar-refractivity contribution in [3.63, 3.8) is 0 Å². The monoisotopic (exact) mass is 136 g/mol. The highest BCUT2D eigenvalue weighted by atomic mass is 19.3. The topological polar surface area (TPSA) is 9.23 Å². The summed E-state index contributed by atoms with van der Waals surface area (Å²) in [6.07, 6.45) is 0.0208. The number of hydrogen-bond donors (Lipinski definition) is 0. The molecule has 0 aromatic carbocycles. The average molecular weight is 136 g/mol. The lowest BCUT2D eigenvalue weighted by Crippen LogP contribution is -2.02. The first-order chi connectivity index (χ1) is 4.17. The van der Waals surface area contributed by atoms with Gasteiger partial charge in [0.1, 0.15) is 0 Å². The molecule has 9 heavy (non-hydrogen) atoms. The second-order valence-corrected chi connectivity index (χ2v) is 2.32. The Bertz CT molecular complexity index is 103. The van der Waals surface area contributed by atoms with Gasteiger partial charge in [-0.1, -0.05) is 0 Å². The van der Waals surface area contributed by atoms with Gasteiger partial charge >= 0.3 is 0 Å². The van der Waals surface area contributed by atoms with E-state index in [1.807, 2.05) is 0 Å². The summed E-state index contributed by atoms with van der Waals surface area (Å²) in [5, 5.41) is 0. The zero-order valence-electron chi connectivity index (χ0n) is 5.36. The minimum absolute atomic E-state index is 0.0208. The van der Waals surface area contributed by atoms with Crippen molar-refractivity contribution in [2.45, 2.75) is 19.3 Å². The molecule has 0 amide bonds. The van der Waals surface area contributed by atoms with Crippen molar-refractivity contribution in [1.29, 1.82) is 0 Å². The van der Waals surface area contributed by atoms with Crippen LogP contribution in [0, 0.1) is 5.92 Å². The minimum atomic E-state index is -2.41. The maximum absolute atomic E-state index is 12.0. The van der Waals surface area contributed by atoms with Gasteiger partial charge in [0.25, 0.3) is 5.92 Å². The third kappa shape index (κ3) is 1.61. The van der Waals surface area contributed by atoms with Crippen LogP contribution in [0.5, 0.6) is 0 Å².